The number of nitrogens with one attached hydrogen (secondary N) is 1. The summed E-state index contributed by atoms with van der Waals surface area (Å²) in [4.78, 5) is 39.3. The number of benzene rings is 1. The van der Waals surface area contributed by atoms with Gasteiger partial charge in [0.25, 0.3) is 11.1 Å². The summed E-state index contributed by atoms with van der Waals surface area (Å²) < 4.78 is 1.53. The second kappa shape index (κ2) is 7.63. The zero-order chi connectivity index (χ0) is 21.6. The third-order valence-electron chi connectivity index (χ3n) is 5.57. The van der Waals surface area contributed by atoms with E-state index in [0.717, 1.165) is 37.7 Å². The number of nitrogen functional groups attached to an aromatic ring is 1. The first-order chi connectivity index (χ1) is 14.2. The molecule has 0 saturated carbocycles. The normalized spacial score (nSPS) is 16.2. The van der Waals surface area contributed by atoms with Crippen molar-refractivity contribution in [1.29, 1.82) is 0 Å². The molecule has 8 nitrogen and oxygen atoms in total. The third-order valence-corrected chi connectivity index (χ3v) is 7.23. The van der Waals surface area contributed by atoms with Crippen LogP contribution in [0.1, 0.15) is 26.7 Å². The molecule has 10 heteroatoms. The Morgan fingerprint density at radius 2 is 1.93 bits per heavy atom. The van der Waals surface area contributed by atoms with Crippen LogP contribution in [0.5, 0.6) is 0 Å². The fraction of sp³-hybridized carbons (Fsp3) is 0.400. The first-order valence-corrected chi connectivity index (χ1v) is 10.8. The summed E-state index contributed by atoms with van der Waals surface area (Å²) in [5.74, 6) is 0.724. The van der Waals surface area contributed by atoms with Crippen molar-refractivity contribution in [3.8, 4) is 0 Å². The number of fused-ring (bicyclic) bond motifs is 1. The number of nitrogens with zero attached hydrogens (tertiary/aromatic N) is 4. The Hall–Kier alpha value is -2.52. The summed E-state index contributed by atoms with van der Waals surface area (Å²) >= 11 is 7.57. The lowest BCUT2D eigenvalue weighted by Crippen LogP contribution is -2.41. The quantitative estimate of drug-likeness (QED) is 0.636. The number of hydrogen-bond donors (Lipinski definition) is 2. The smallest absolute Gasteiger partial charge is 0.270 e. The van der Waals surface area contributed by atoms with Gasteiger partial charge in [-0.05, 0) is 30.4 Å². The summed E-state index contributed by atoms with van der Waals surface area (Å²) in [6.07, 6.45) is 3.37. The molecule has 3 aromatic rings. The van der Waals surface area contributed by atoms with Crippen LogP contribution < -0.4 is 21.8 Å². The molecule has 30 heavy (non-hydrogen) atoms. The van der Waals surface area contributed by atoms with Crippen molar-refractivity contribution in [2.45, 2.75) is 36.5 Å². The average Bonchev–Trinajstić information content (AvgIpc) is 2.70. The van der Waals surface area contributed by atoms with E-state index in [9.17, 15) is 9.59 Å². The van der Waals surface area contributed by atoms with E-state index in [0.29, 0.717) is 16.4 Å². The Kier molecular flexibility index (Phi) is 5.27. The van der Waals surface area contributed by atoms with Gasteiger partial charge in [0.15, 0.2) is 0 Å². The summed E-state index contributed by atoms with van der Waals surface area (Å²) in [5, 5.41) is 0.510. The largest absolute Gasteiger partial charge is 0.382 e. The van der Waals surface area contributed by atoms with Crippen molar-refractivity contribution < 1.29 is 0 Å². The fourth-order valence-corrected chi connectivity index (χ4v) is 4.85. The van der Waals surface area contributed by atoms with Crippen LogP contribution in [0.2, 0.25) is 5.02 Å². The standard InChI is InChI=1S/C20H23ClN6O2S/c1-20(2)6-8-27(9-7-20)19-25-16(22)15(18(29)26(19)3)30-12-5-4-11-13(14(12)21)17(28)24-10-23-11/h4-5,10H,6-9,22H2,1-3H3,(H,23,24,28). The van der Waals surface area contributed by atoms with E-state index in [2.05, 4.69) is 33.7 Å². The lowest BCUT2D eigenvalue weighted by molar-refractivity contribution is 0.277. The molecule has 2 aromatic heterocycles. The molecule has 0 bridgehead atoms. The van der Waals surface area contributed by atoms with Gasteiger partial charge in [-0.3, -0.25) is 14.2 Å². The molecule has 4 rings (SSSR count). The van der Waals surface area contributed by atoms with Crippen LogP contribution in [0.4, 0.5) is 11.8 Å². The molecule has 1 aliphatic heterocycles. The molecule has 158 valence electrons. The first-order valence-electron chi connectivity index (χ1n) is 9.63. The van der Waals surface area contributed by atoms with Gasteiger partial charge < -0.3 is 15.6 Å². The van der Waals surface area contributed by atoms with Crippen molar-refractivity contribution in [1.82, 2.24) is 19.5 Å². The van der Waals surface area contributed by atoms with Gasteiger partial charge in [0.05, 0.1) is 22.3 Å². The van der Waals surface area contributed by atoms with E-state index >= 15 is 0 Å². The molecule has 3 N–H and O–H groups in total. The minimum atomic E-state index is -0.338. The van der Waals surface area contributed by atoms with Crippen LogP contribution in [-0.2, 0) is 7.05 Å². The highest BCUT2D eigenvalue weighted by Crippen LogP contribution is 2.37. The molecule has 0 atom stereocenters. The van der Waals surface area contributed by atoms with Gasteiger partial charge in [-0.15, -0.1) is 0 Å². The van der Waals surface area contributed by atoms with Crippen LogP contribution >= 0.6 is 23.4 Å². The highest BCUT2D eigenvalue weighted by molar-refractivity contribution is 7.99. The number of anilines is 2. The second-order valence-electron chi connectivity index (χ2n) is 8.25. The monoisotopic (exact) mass is 446 g/mol. The maximum atomic E-state index is 13.1. The molecule has 0 spiro atoms. The number of nitrogens with two attached hydrogens (primary N) is 1. The number of piperidine rings is 1. The molecule has 0 unspecified atom stereocenters. The van der Waals surface area contributed by atoms with E-state index in [1.54, 1.807) is 19.2 Å². The van der Waals surface area contributed by atoms with Crippen LogP contribution in [0, 0.1) is 5.41 Å². The van der Waals surface area contributed by atoms with Crippen molar-refractivity contribution in [2.24, 2.45) is 12.5 Å². The van der Waals surface area contributed by atoms with Crippen LogP contribution in [0.15, 0.2) is 37.8 Å². The van der Waals surface area contributed by atoms with E-state index < -0.39 is 0 Å². The zero-order valence-corrected chi connectivity index (χ0v) is 18.6. The maximum Gasteiger partial charge on any atom is 0.270 e. The minimum absolute atomic E-state index is 0.152. The topological polar surface area (TPSA) is 110 Å². The average molecular weight is 447 g/mol. The molecule has 1 aromatic carbocycles. The second-order valence-corrected chi connectivity index (χ2v) is 9.68. The molecule has 1 saturated heterocycles. The molecule has 3 heterocycles. The number of aromatic nitrogens is 4. The van der Waals surface area contributed by atoms with E-state index in [1.165, 1.54) is 10.9 Å². The molecule has 1 aliphatic rings. The lowest BCUT2D eigenvalue weighted by atomic mass is 9.83. The Bertz CT molecular complexity index is 1240. The van der Waals surface area contributed by atoms with Crippen molar-refractivity contribution in [2.75, 3.05) is 23.7 Å². The number of hydrogen-bond acceptors (Lipinski definition) is 7. The van der Waals surface area contributed by atoms with Crippen molar-refractivity contribution >= 4 is 46.0 Å². The highest BCUT2D eigenvalue weighted by Gasteiger charge is 2.28. The molecule has 0 radical (unpaired) electrons. The predicted octanol–water partition coefficient (Wildman–Crippen LogP) is 3.03. The van der Waals surface area contributed by atoms with Crippen LogP contribution in [0.3, 0.4) is 0 Å². The Labute approximate surface area is 182 Å². The first kappa shape index (κ1) is 20.7. The van der Waals surface area contributed by atoms with Crippen LogP contribution in [0.25, 0.3) is 10.9 Å². The minimum Gasteiger partial charge on any atom is -0.382 e. The van der Waals surface area contributed by atoms with Crippen LogP contribution in [-0.4, -0.2) is 32.6 Å². The highest BCUT2D eigenvalue weighted by atomic mass is 35.5. The summed E-state index contributed by atoms with van der Waals surface area (Å²) in [6.45, 7) is 6.15. The Balaban J connectivity index is 1.71. The summed E-state index contributed by atoms with van der Waals surface area (Å²) in [7, 11) is 1.70. The van der Waals surface area contributed by atoms with Gasteiger partial charge >= 0.3 is 0 Å². The lowest BCUT2D eigenvalue weighted by Gasteiger charge is -2.37. The fourth-order valence-electron chi connectivity index (χ4n) is 3.57. The molecular formula is C20H23ClN6O2S. The van der Waals surface area contributed by atoms with E-state index in [4.69, 9.17) is 17.3 Å². The molecule has 0 amide bonds. The summed E-state index contributed by atoms with van der Waals surface area (Å²) in [5.41, 5.74) is 6.38. The molecule has 0 aliphatic carbocycles. The number of aromatic amines is 1. The van der Waals surface area contributed by atoms with Crippen molar-refractivity contribution in [3.63, 3.8) is 0 Å². The van der Waals surface area contributed by atoms with Gasteiger partial charge in [0.1, 0.15) is 10.7 Å². The predicted molar refractivity (Wildman–Crippen MR) is 121 cm³/mol. The van der Waals surface area contributed by atoms with Gasteiger partial charge in [-0.2, -0.15) is 4.98 Å². The van der Waals surface area contributed by atoms with Crippen molar-refractivity contribution in [3.05, 3.63) is 44.2 Å². The molecular weight excluding hydrogens is 424 g/mol. The van der Waals surface area contributed by atoms with E-state index in [1.807, 2.05) is 0 Å². The number of halogens is 1. The van der Waals surface area contributed by atoms with Gasteiger partial charge in [-0.25, -0.2) is 4.98 Å². The Morgan fingerprint density at radius 3 is 2.63 bits per heavy atom. The summed E-state index contributed by atoms with van der Waals surface area (Å²) in [6, 6.07) is 3.41. The maximum absolute atomic E-state index is 13.1. The zero-order valence-electron chi connectivity index (χ0n) is 17.0. The SMILES string of the molecule is Cn1c(N2CCC(C)(C)CC2)nc(N)c(Sc2ccc3nc[nH]c(=O)c3c2Cl)c1=O. The molecule has 1 fully saturated rings. The van der Waals surface area contributed by atoms with Gasteiger partial charge in [0.2, 0.25) is 5.95 Å². The van der Waals surface area contributed by atoms with Gasteiger partial charge in [0, 0.05) is 25.0 Å². The van der Waals surface area contributed by atoms with E-state index in [-0.39, 0.29) is 37.7 Å². The number of H-pyrrole nitrogens is 1. The Morgan fingerprint density at radius 1 is 1.23 bits per heavy atom. The third kappa shape index (κ3) is 3.67. The van der Waals surface area contributed by atoms with Gasteiger partial charge in [-0.1, -0.05) is 37.2 Å². The number of rotatable bonds is 3.